The fourth-order valence-corrected chi connectivity index (χ4v) is 3.70. The SMILES string of the molecule is C=N/C=C(/Cl)N(C)C(C)[C@H](C)OC(C)(C(=N)N(COCC[Si](C)(C)C)C(=O)OC(C)(C)C)C(F)(F)F. The van der Waals surface area contributed by atoms with Crippen molar-refractivity contribution < 1.29 is 32.2 Å². The lowest BCUT2D eigenvalue weighted by atomic mass is 10.0. The number of likely N-dealkylation sites (N-methyl/N-ethyl adjacent to an activating group) is 1. The molecule has 0 aromatic heterocycles. The van der Waals surface area contributed by atoms with E-state index in [0.29, 0.717) is 11.8 Å². The van der Waals surface area contributed by atoms with Crippen molar-refractivity contribution in [3.8, 4) is 0 Å². The fraction of sp³-hybridized carbons (Fsp3) is 0.783. The first-order valence-electron chi connectivity index (χ1n) is 11.5. The third-order valence-corrected chi connectivity index (χ3v) is 7.41. The van der Waals surface area contributed by atoms with Gasteiger partial charge in [-0.1, -0.05) is 31.2 Å². The number of carbonyl (C=O) groups is 1. The summed E-state index contributed by atoms with van der Waals surface area (Å²) in [6, 6.07) is 0.0671. The van der Waals surface area contributed by atoms with Gasteiger partial charge in [0.1, 0.15) is 23.3 Å². The van der Waals surface area contributed by atoms with Gasteiger partial charge in [-0.25, -0.2) is 9.69 Å². The largest absolute Gasteiger partial charge is 0.443 e. The molecule has 1 N–H and O–H groups in total. The number of hydrogen-bond donors (Lipinski definition) is 1. The first-order valence-corrected chi connectivity index (χ1v) is 15.6. The van der Waals surface area contributed by atoms with Crippen LogP contribution >= 0.6 is 11.6 Å². The molecule has 36 heavy (non-hydrogen) atoms. The molecule has 0 aliphatic rings. The van der Waals surface area contributed by atoms with Crippen LogP contribution in [0.3, 0.4) is 0 Å². The average Bonchev–Trinajstić information content (AvgIpc) is 2.69. The Morgan fingerprint density at radius 2 is 1.72 bits per heavy atom. The smallest absolute Gasteiger partial charge is 0.424 e. The molecule has 0 aromatic rings. The minimum Gasteiger partial charge on any atom is -0.443 e. The molecule has 0 fully saturated rings. The Labute approximate surface area is 219 Å². The summed E-state index contributed by atoms with van der Waals surface area (Å²) in [5.74, 6) is -1.15. The zero-order valence-electron chi connectivity index (χ0n) is 23.0. The van der Waals surface area contributed by atoms with Gasteiger partial charge in [0.15, 0.2) is 0 Å². The Balaban J connectivity index is 6.11. The third-order valence-electron chi connectivity index (χ3n) is 5.34. The molecule has 0 bridgehead atoms. The first kappa shape index (κ1) is 34.4. The third kappa shape index (κ3) is 10.8. The van der Waals surface area contributed by atoms with Crippen LogP contribution in [0.15, 0.2) is 16.3 Å². The van der Waals surface area contributed by atoms with Gasteiger partial charge >= 0.3 is 12.3 Å². The Hall–Kier alpha value is -1.63. The number of amides is 1. The van der Waals surface area contributed by atoms with Crippen molar-refractivity contribution in [2.75, 3.05) is 20.4 Å². The standard InChI is InChI=1S/C23H42ClF3N4O4Si/c1-16(30(8)18(24)14-29-7)17(2)34-22(6,23(25,26)27)19(28)31(20(32)35-21(3,4)5)15-33-12-13-36(9,10)11/h14,16-17,28H,7,12-13,15H2,1-6,8-11H3/b18-14-,28-19?/t16?,17-,22?/m0/s1. The summed E-state index contributed by atoms with van der Waals surface area (Å²) < 4.78 is 59.5. The highest BCUT2D eigenvalue weighted by Crippen LogP contribution is 2.37. The molecule has 0 heterocycles. The molecule has 13 heteroatoms. The van der Waals surface area contributed by atoms with Gasteiger partial charge in [0.25, 0.3) is 0 Å². The van der Waals surface area contributed by atoms with E-state index in [4.69, 9.17) is 31.2 Å². The number of amidine groups is 1. The second kappa shape index (κ2) is 13.2. The zero-order valence-corrected chi connectivity index (χ0v) is 24.8. The zero-order chi connectivity index (χ0) is 28.7. The molecule has 0 aliphatic heterocycles. The van der Waals surface area contributed by atoms with Crippen LogP contribution in [0, 0.1) is 5.41 Å². The molecule has 0 radical (unpaired) electrons. The quantitative estimate of drug-likeness (QED) is 0.0758. The summed E-state index contributed by atoms with van der Waals surface area (Å²) in [4.78, 5) is 18.4. The summed E-state index contributed by atoms with van der Waals surface area (Å²) in [5.41, 5.74) is -4.16. The lowest BCUT2D eigenvalue weighted by Crippen LogP contribution is -2.61. The van der Waals surface area contributed by atoms with Gasteiger partial charge in [0.05, 0.1) is 18.3 Å². The summed E-state index contributed by atoms with van der Waals surface area (Å²) in [6.07, 6.45) is -6.02. The van der Waals surface area contributed by atoms with Crippen LogP contribution in [0.4, 0.5) is 18.0 Å². The average molecular weight is 559 g/mol. The minimum atomic E-state index is -5.04. The van der Waals surface area contributed by atoms with E-state index >= 15 is 0 Å². The second-order valence-electron chi connectivity index (χ2n) is 10.9. The number of nitrogens with zero attached hydrogens (tertiary/aromatic N) is 3. The maximum Gasteiger partial charge on any atom is 0.424 e. The monoisotopic (exact) mass is 558 g/mol. The van der Waals surface area contributed by atoms with Gasteiger partial charge < -0.3 is 19.1 Å². The molecular formula is C23H42ClF3N4O4Si. The van der Waals surface area contributed by atoms with E-state index < -0.39 is 56.3 Å². The molecule has 0 saturated carbocycles. The molecule has 3 atom stereocenters. The first-order chi connectivity index (χ1) is 16.1. The second-order valence-corrected chi connectivity index (χ2v) is 17.0. The van der Waals surface area contributed by atoms with Crippen molar-refractivity contribution in [2.24, 2.45) is 4.99 Å². The molecule has 1 amide bonds. The van der Waals surface area contributed by atoms with Gasteiger partial charge in [-0.15, -0.1) is 0 Å². The van der Waals surface area contributed by atoms with E-state index in [9.17, 15) is 18.0 Å². The van der Waals surface area contributed by atoms with E-state index in [1.54, 1.807) is 34.7 Å². The highest BCUT2D eigenvalue weighted by molar-refractivity contribution is 6.76. The molecule has 8 nitrogen and oxygen atoms in total. The molecule has 0 saturated heterocycles. The fourth-order valence-electron chi connectivity index (χ4n) is 2.72. The number of ether oxygens (including phenoxy) is 3. The molecule has 0 spiro atoms. The highest BCUT2D eigenvalue weighted by atomic mass is 35.5. The predicted molar refractivity (Wildman–Crippen MR) is 140 cm³/mol. The minimum absolute atomic E-state index is 0.142. The number of nitrogens with one attached hydrogen (secondary N) is 1. The van der Waals surface area contributed by atoms with Crippen LogP contribution in [0.5, 0.6) is 0 Å². The molecule has 0 aromatic carbocycles. The Morgan fingerprint density at radius 3 is 2.14 bits per heavy atom. The van der Waals surface area contributed by atoms with E-state index in [2.05, 4.69) is 31.4 Å². The number of hydrogen-bond acceptors (Lipinski definition) is 7. The van der Waals surface area contributed by atoms with Crippen LogP contribution < -0.4 is 0 Å². The van der Waals surface area contributed by atoms with E-state index in [1.807, 2.05) is 0 Å². The van der Waals surface area contributed by atoms with Crippen LogP contribution in [0.25, 0.3) is 0 Å². The van der Waals surface area contributed by atoms with Gasteiger partial charge in [0, 0.05) is 21.7 Å². The summed E-state index contributed by atoms with van der Waals surface area (Å²) in [7, 11) is 0.0620. The normalized spacial score (nSPS) is 16.6. The number of rotatable bonds is 12. The number of carbonyl (C=O) groups excluding carboxylic acids is 1. The Morgan fingerprint density at radius 1 is 1.19 bits per heavy atom. The lowest BCUT2D eigenvalue weighted by molar-refractivity contribution is -0.259. The van der Waals surface area contributed by atoms with Gasteiger partial charge in [-0.05, 0) is 54.3 Å². The summed E-state index contributed by atoms with van der Waals surface area (Å²) in [5, 5.41) is 8.62. The van der Waals surface area contributed by atoms with Crippen molar-refractivity contribution in [1.29, 1.82) is 5.41 Å². The van der Waals surface area contributed by atoms with Crippen LogP contribution in [-0.2, 0) is 14.2 Å². The van der Waals surface area contributed by atoms with Crippen LogP contribution in [0.1, 0.15) is 41.5 Å². The number of halogens is 4. The predicted octanol–water partition coefficient (Wildman–Crippen LogP) is 6.30. The molecule has 0 rings (SSSR count). The number of alkyl halides is 3. The maximum atomic E-state index is 14.4. The molecule has 210 valence electrons. The maximum absolute atomic E-state index is 14.4. The number of aliphatic imine (C=N–C) groups is 1. The Kier molecular flexibility index (Phi) is 12.6. The van der Waals surface area contributed by atoms with Gasteiger partial charge in [0.2, 0.25) is 5.60 Å². The topological polar surface area (TPSA) is 87.5 Å². The van der Waals surface area contributed by atoms with Crippen molar-refractivity contribution in [1.82, 2.24) is 9.80 Å². The molecular weight excluding hydrogens is 517 g/mol. The van der Waals surface area contributed by atoms with Crippen LogP contribution in [-0.4, -0.2) is 86.4 Å². The van der Waals surface area contributed by atoms with Crippen molar-refractivity contribution in [3.63, 3.8) is 0 Å². The highest BCUT2D eigenvalue weighted by Gasteiger charge is 2.59. The summed E-state index contributed by atoms with van der Waals surface area (Å²) >= 11 is 6.10. The van der Waals surface area contributed by atoms with Gasteiger partial charge in [-0.2, -0.15) is 13.2 Å². The van der Waals surface area contributed by atoms with E-state index in [0.717, 1.165) is 6.04 Å². The van der Waals surface area contributed by atoms with Crippen molar-refractivity contribution >= 4 is 38.3 Å². The van der Waals surface area contributed by atoms with E-state index in [-0.39, 0.29) is 11.8 Å². The van der Waals surface area contributed by atoms with Crippen molar-refractivity contribution in [2.45, 2.75) is 96.8 Å². The van der Waals surface area contributed by atoms with E-state index in [1.165, 1.54) is 18.0 Å². The van der Waals surface area contributed by atoms with Gasteiger partial charge in [-0.3, -0.25) is 10.4 Å². The van der Waals surface area contributed by atoms with Crippen LogP contribution in [0.2, 0.25) is 25.7 Å². The Bertz CT molecular complexity index is 800. The van der Waals surface area contributed by atoms with Crippen molar-refractivity contribution in [3.05, 3.63) is 11.4 Å². The summed E-state index contributed by atoms with van der Waals surface area (Å²) in [6.45, 7) is 17.8. The molecule has 0 aliphatic carbocycles. The lowest BCUT2D eigenvalue weighted by Gasteiger charge is -2.41. The molecule has 2 unspecified atom stereocenters.